The molecule has 0 saturated heterocycles. The van der Waals surface area contributed by atoms with E-state index < -0.39 is 10.0 Å². The average molecular weight is 371 g/mol. The van der Waals surface area contributed by atoms with Gasteiger partial charge in [-0.1, -0.05) is 6.07 Å². The van der Waals surface area contributed by atoms with Gasteiger partial charge in [0.05, 0.1) is 21.5 Å². The highest BCUT2D eigenvalue weighted by atomic mass is 79.9. The molecular weight excluding hydrogens is 364 g/mol. The van der Waals surface area contributed by atoms with Crippen LogP contribution in [-0.2, 0) is 21.4 Å². The molecule has 0 atom stereocenters. The molecule has 1 aromatic carbocycles. The molecule has 0 unspecified atom stereocenters. The van der Waals surface area contributed by atoms with E-state index in [1.54, 1.807) is 18.2 Å². The smallest absolute Gasteiger partial charge is 0.264 e. The predicted octanol–water partition coefficient (Wildman–Crippen LogP) is 3.37. The normalized spacial score (nSPS) is 12.8. The number of anilines is 1. The van der Waals surface area contributed by atoms with Gasteiger partial charge in [-0.2, -0.15) is 8.73 Å². The lowest BCUT2D eigenvalue weighted by molar-refractivity contribution is 0.601. The largest absolute Gasteiger partial charge is 0.278 e. The second-order valence-corrected chi connectivity index (χ2v) is 6.88. The van der Waals surface area contributed by atoms with E-state index in [1.807, 2.05) is 0 Å². The number of halogens is 1. The van der Waals surface area contributed by atoms with Crippen LogP contribution in [0.15, 0.2) is 54.8 Å². The molecule has 102 valence electrons. The van der Waals surface area contributed by atoms with Gasteiger partial charge in [0.2, 0.25) is 0 Å². The zero-order valence-corrected chi connectivity index (χ0v) is 13.0. The molecule has 0 bridgehead atoms. The Morgan fingerprint density at radius 2 is 2.05 bits per heavy atom. The second kappa shape index (κ2) is 5.08. The summed E-state index contributed by atoms with van der Waals surface area (Å²) in [5.41, 5.74) is 1.35. The summed E-state index contributed by atoms with van der Waals surface area (Å²) < 4.78 is 36.0. The van der Waals surface area contributed by atoms with Gasteiger partial charge in [-0.3, -0.25) is 9.71 Å². The Bertz CT molecular complexity index is 860. The van der Waals surface area contributed by atoms with Crippen molar-refractivity contribution >= 4 is 54.4 Å². The zero-order valence-electron chi connectivity index (χ0n) is 9.82. The molecule has 0 saturated carbocycles. The van der Waals surface area contributed by atoms with Crippen molar-refractivity contribution in [1.82, 2.24) is 4.98 Å². The molecule has 2 heterocycles. The molecule has 1 aromatic heterocycles. The first kappa shape index (κ1) is 13.4. The van der Waals surface area contributed by atoms with Gasteiger partial charge in [-0.25, -0.2) is 8.42 Å². The summed E-state index contributed by atoms with van der Waals surface area (Å²) in [6.45, 7) is 0. The lowest BCUT2D eigenvalue weighted by Crippen LogP contribution is -2.13. The van der Waals surface area contributed by atoms with E-state index >= 15 is 0 Å². The standard InChI is InChI=1S/C11H7BrN4O2S2/c12-7-6-13-5-4-8(7)16-20(17,18)10-3-1-2-9-11(10)15-19-14-9/h1-6H,(H,13,16). The summed E-state index contributed by atoms with van der Waals surface area (Å²) in [4.78, 5) is 3.99. The molecule has 1 aliphatic heterocycles. The molecule has 0 aliphatic carbocycles. The van der Waals surface area contributed by atoms with Crippen LogP contribution in [0.4, 0.5) is 17.1 Å². The minimum Gasteiger partial charge on any atom is -0.278 e. The molecule has 3 rings (SSSR count). The van der Waals surface area contributed by atoms with E-state index in [9.17, 15) is 8.42 Å². The van der Waals surface area contributed by atoms with Crippen LogP contribution in [0.3, 0.4) is 0 Å². The minimum absolute atomic E-state index is 0.104. The summed E-state index contributed by atoms with van der Waals surface area (Å²) in [5.74, 6) is 0. The maximum atomic E-state index is 12.5. The highest BCUT2D eigenvalue weighted by Crippen LogP contribution is 2.38. The Morgan fingerprint density at radius 3 is 2.85 bits per heavy atom. The summed E-state index contributed by atoms with van der Waals surface area (Å²) in [5, 5.41) is 0. The van der Waals surface area contributed by atoms with E-state index in [0.29, 0.717) is 21.5 Å². The first-order chi connectivity index (χ1) is 9.58. The van der Waals surface area contributed by atoms with Crippen LogP contribution in [0.1, 0.15) is 0 Å². The van der Waals surface area contributed by atoms with Gasteiger partial charge >= 0.3 is 0 Å². The SMILES string of the molecule is O=S(=O)(Nc1ccncc1Br)c1cccc2c1N=S=N2. The first-order valence-corrected chi connectivity index (χ1v) is 8.42. The summed E-state index contributed by atoms with van der Waals surface area (Å²) in [6, 6.07) is 6.43. The Hall–Kier alpha value is -1.58. The van der Waals surface area contributed by atoms with Gasteiger partial charge in [0.1, 0.15) is 16.3 Å². The number of sulfonamides is 1. The molecule has 1 N–H and O–H groups in total. The fourth-order valence-corrected chi connectivity index (χ4v) is 3.98. The number of nitrogens with zero attached hydrogens (tertiary/aromatic N) is 3. The average Bonchev–Trinajstić information content (AvgIpc) is 2.89. The number of nitrogens with one attached hydrogen (secondary N) is 1. The number of hydrogen-bond acceptors (Lipinski definition) is 5. The lowest BCUT2D eigenvalue weighted by Gasteiger charge is -2.10. The number of rotatable bonds is 3. The highest BCUT2D eigenvalue weighted by Gasteiger charge is 2.23. The number of pyridine rings is 1. The summed E-state index contributed by atoms with van der Waals surface area (Å²) in [6.07, 6.45) is 3.02. The van der Waals surface area contributed by atoms with E-state index in [2.05, 4.69) is 34.4 Å². The molecule has 20 heavy (non-hydrogen) atoms. The Labute approximate surface area is 127 Å². The second-order valence-electron chi connectivity index (χ2n) is 3.85. The topological polar surface area (TPSA) is 83.8 Å². The van der Waals surface area contributed by atoms with Crippen molar-refractivity contribution in [2.45, 2.75) is 4.90 Å². The lowest BCUT2D eigenvalue weighted by atomic mass is 10.3. The van der Waals surface area contributed by atoms with Crippen LogP contribution in [-0.4, -0.2) is 13.4 Å². The number of hydrogen-bond donors (Lipinski definition) is 1. The Kier molecular flexibility index (Phi) is 3.40. The molecule has 1 aliphatic rings. The molecule has 0 fully saturated rings. The van der Waals surface area contributed by atoms with Crippen LogP contribution >= 0.6 is 15.9 Å². The number of benzene rings is 1. The van der Waals surface area contributed by atoms with Crippen LogP contribution in [0, 0.1) is 0 Å². The van der Waals surface area contributed by atoms with Crippen molar-refractivity contribution in [2.24, 2.45) is 8.73 Å². The van der Waals surface area contributed by atoms with Gasteiger partial charge < -0.3 is 0 Å². The molecule has 2 aromatic rings. The third kappa shape index (κ3) is 2.39. The molecule has 9 heteroatoms. The van der Waals surface area contributed by atoms with Crippen LogP contribution in [0.2, 0.25) is 0 Å². The quantitative estimate of drug-likeness (QED) is 0.766. The van der Waals surface area contributed by atoms with E-state index in [1.165, 1.54) is 18.5 Å². The first-order valence-electron chi connectivity index (χ1n) is 5.41. The molecule has 0 amide bonds. The van der Waals surface area contributed by atoms with Gasteiger partial charge in [-0.05, 0) is 34.1 Å². The maximum absolute atomic E-state index is 12.5. The Morgan fingerprint density at radius 1 is 1.20 bits per heavy atom. The summed E-state index contributed by atoms with van der Waals surface area (Å²) >= 11 is 4.23. The minimum atomic E-state index is -3.74. The van der Waals surface area contributed by atoms with Gasteiger partial charge in [-0.15, -0.1) is 0 Å². The van der Waals surface area contributed by atoms with Crippen LogP contribution in [0.25, 0.3) is 0 Å². The van der Waals surface area contributed by atoms with Crippen molar-refractivity contribution in [3.05, 3.63) is 41.1 Å². The maximum Gasteiger partial charge on any atom is 0.264 e. The Balaban J connectivity index is 2.05. The van der Waals surface area contributed by atoms with Crippen molar-refractivity contribution in [3.8, 4) is 0 Å². The van der Waals surface area contributed by atoms with Crippen LogP contribution < -0.4 is 4.72 Å². The molecule has 0 radical (unpaired) electrons. The van der Waals surface area contributed by atoms with Gasteiger partial charge in [0.25, 0.3) is 10.0 Å². The van der Waals surface area contributed by atoms with Crippen molar-refractivity contribution in [1.29, 1.82) is 0 Å². The van der Waals surface area contributed by atoms with Crippen molar-refractivity contribution in [3.63, 3.8) is 0 Å². The van der Waals surface area contributed by atoms with Crippen LogP contribution in [0.5, 0.6) is 0 Å². The third-order valence-corrected chi connectivity index (χ3v) is 5.13. The summed E-state index contributed by atoms with van der Waals surface area (Å²) in [7, 11) is -3.74. The zero-order chi connectivity index (χ0) is 14.2. The van der Waals surface area contributed by atoms with Crippen molar-refractivity contribution < 1.29 is 8.42 Å². The highest BCUT2D eigenvalue weighted by molar-refractivity contribution is 9.10. The van der Waals surface area contributed by atoms with Gasteiger partial charge in [0, 0.05) is 12.4 Å². The monoisotopic (exact) mass is 370 g/mol. The van der Waals surface area contributed by atoms with Crippen molar-refractivity contribution in [2.75, 3.05) is 4.72 Å². The van der Waals surface area contributed by atoms with E-state index in [4.69, 9.17) is 0 Å². The van der Waals surface area contributed by atoms with Gasteiger partial charge in [0.15, 0.2) is 0 Å². The molecule has 6 nitrogen and oxygen atoms in total. The number of fused-ring (bicyclic) bond motifs is 1. The predicted molar refractivity (Wildman–Crippen MR) is 80.7 cm³/mol. The van der Waals surface area contributed by atoms with E-state index in [0.717, 1.165) is 11.4 Å². The third-order valence-electron chi connectivity index (χ3n) is 2.56. The molecule has 0 spiro atoms. The molecular formula is C11H7BrN4O2S2. The van der Waals surface area contributed by atoms with E-state index in [-0.39, 0.29) is 4.90 Å². The fourth-order valence-electron chi connectivity index (χ4n) is 1.66. The number of aromatic nitrogens is 1. The fraction of sp³-hybridized carbons (Fsp3) is 0.